The lowest BCUT2D eigenvalue weighted by atomic mass is 10.1. The van der Waals surface area contributed by atoms with Gasteiger partial charge in [0.25, 0.3) is 5.69 Å². The summed E-state index contributed by atoms with van der Waals surface area (Å²) in [4.78, 5) is 13.1. The summed E-state index contributed by atoms with van der Waals surface area (Å²) < 4.78 is 0. The number of hydrogen-bond donors (Lipinski definition) is 1. The van der Waals surface area contributed by atoms with Crippen molar-refractivity contribution in [2.75, 3.05) is 26.2 Å². The Morgan fingerprint density at radius 3 is 2.74 bits per heavy atom. The first-order chi connectivity index (χ1) is 9.18. The molecule has 0 bridgehead atoms. The summed E-state index contributed by atoms with van der Waals surface area (Å²) >= 11 is 0. The molecule has 1 aromatic carbocycles. The van der Waals surface area contributed by atoms with Crippen LogP contribution in [0, 0.1) is 10.1 Å². The Bertz CT molecular complexity index is 430. The number of hydrogen-bond acceptors (Lipinski definition) is 4. The fourth-order valence-corrected chi connectivity index (χ4v) is 2.58. The van der Waals surface area contributed by atoms with E-state index >= 15 is 0 Å². The number of likely N-dealkylation sites (tertiary alicyclic amines) is 1. The number of para-hydroxylation sites is 1. The Morgan fingerprint density at radius 1 is 1.37 bits per heavy atom. The summed E-state index contributed by atoms with van der Waals surface area (Å²) in [5.74, 6) is 0. The standard InChI is InChI=1S/C14H21N3O2/c1-12(15-8-11-16-9-4-5-10-16)13-6-2-3-7-14(13)17(18)19/h2-3,6-7,12,15H,4-5,8-11H2,1H3. The lowest BCUT2D eigenvalue weighted by Crippen LogP contribution is -2.31. The maximum atomic E-state index is 11.0. The van der Waals surface area contributed by atoms with Crippen molar-refractivity contribution in [1.82, 2.24) is 10.2 Å². The van der Waals surface area contributed by atoms with Gasteiger partial charge in [-0.05, 0) is 32.9 Å². The lowest BCUT2D eigenvalue weighted by molar-refractivity contribution is -0.385. The zero-order valence-electron chi connectivity index (χ0n) is 11.3. The Labute approximate surface area is 113 Å². The van der Waals surface area contributed by atoms with E-state index in [1.165, 1.54) is 25.9 Å². The highest BCUT2D eigenvalue weighted by molar-refractivity contribution is 5.41. The Balaban J connectivity index is 1.88. The van der Waals surface area contributed by atoms with Gasteiger partial charge in [0, 0.05) is 30.8 Å². The van der Waals surface area contributed by atoms with E-state index in [9.17, 15) is 10.1 Å². The van der Waals surface area contributed by atoms with Crippen LogP contribution in [0.5, 0.6) is 0 Å². The zero-order valence-corrected chi connectivity index (χ0v) is 11.3. The van der Waals surface area contributed by atoms with Crippen molar-refractivity contribution in [3.63, 3.8) is 0 Å². The molecule has 0 amide bonds. The molecular formula is C14H21N3O2. The molecule has 1 heterocycles. The Kier molecular flexibility index (Phi) is 4.87. The van der Waals surface area contributed by atoms with Crippen LogP contribution >= 0.6 is 0 Å². The third-order valence-corrected chi connectivity index (χ3v) is 3.68. The van der Waals surface area contributed by atoms with E-state index in [1.807, 2.05) is 19.1 Å². The minimum atomic E-state index is -0.312. The zero-order chi connectivity index (χ0) is 13.7. The molecule has 1 aliphatic heterocycles. The van der Waals surface area contributed by atoms with E-state index < -0.39 is 0 Å². The van der Waals surface area contributed by atoms with Crippen molar-refractivity contribution in [2.24, 2.45) is 0 Å². The van der Waals surface area contributed by atoms with Gasteiger partial charge in [0.15, 0.2) is 0 Å². The normalized spacial score (nSPS) is 17.5. The first-order valence-corrected chi connectivity index (χ1v) is 6.87. The molecule has 19 heavy (non-hydrogen) atoms. The third kappa shape index (κ3) is 3.75. The van der Waals surface area contributed by atoms with Gasteiger partial charge in [-0.3, -0.25) is 10.1 Å². The minimum absolute atomic E-state index is 0.00389. The lowest BCUT2D eigenvalue weighted by Gasteiger charge is -2.18. The fraction of sp³-hybridized carbons (Fsp3) is 0.571. The fourth-order valence-electron chi connectivity index (χ4n) is 2.58. The van der Waals surface area contributed by atoms with Gasteiger partial charge in [-0.15, -0.1) is 0 Å². The van der Waals surface area contributed by atoms with Gasteiger partial charge in [-0.25, -0.2) is 0 Å². The highest BCUT2D eigenvalue weighted by Gasteiger charge is 2.18. The molecular weight excluding hydrogens is 242 g/mol. The summed E-state index contributed by atoms with van der Waals surface area (Å²) in [6.07, 6.45) is 2.58. The van der Waals surface area contributed by atoms with Crippen LogP contribution in [0.3, 0.4) is 0 Å². The highest BCUT2D eigenvalue weighted by atomic mass is 16.6. The van der Waals surface area contributed by atoms with Gasteiger partial charge < -0.3 is 10.2 Å². The monoisotopic (exact) mass is 263 g/mol. The van der Waals surface area contributed by atoms with E-state index in [-0.39, 0.29) is 16.7 Å². The molecule has 1 N–H and O–H groups in total. The maximum absolute atomic E-state index is 11.0. The van der Waals surface area contributed by atoms with Crippen molar-refractivity contribution < 1.29 is 4.92 Å². The van der Waals surface area contributed by atoms with E-state index in [0.29, 0.717) is 0 Å². The van der Waals surface area contributed by atoms with Crippen LogP contribution in [0.25, 0.3) is 0 Å². The largest absolute Gasteiger partial charge is 0.309 e. The smallest absolute Gasteiger partial charge is 0.274 e. The van der Waals surface area contributed by atoms with Gasteiger partial charge in [0.1, 0.15) is 0 Å². The predicted octanol–water partition coefficient (Wildman–Crippen LogP) is 2.34. The van der Waals surface area contributed by atoms with Gasteiger partial charge in [0.2, 0.25) is 0 Å². The minimum Gasteiger partial charge on any atom is -0.309 e. The second-order valence-electron chi connectivity index (χ2n) is 5.04. The van der Waals surface area contributed by atoms with Crippen LogP contribution in [0.15, 0.2) is 24.3 Å². The quantitative estimate of drug-likeness (QED) is 0.632. The van der Waals surface area contributed by atoms with E-state index in [1.54, 1.807) is 12.1 Å². The second kappa shape index (κ2) is 6.63. The van der Waals surface area contributed by atoms with Gasteiger partial charge in [-0.1, -0.05) is 18.2 Å². The number of nitrogens with one attached hydrogen (secondary N) is 1. The molecule has 1 aliphatic rings. The van der Waals surface area contributed by atoms with E-state index in [0.717, 1.165) is 18.7 Å². The van der Waals surface area contributed by atoms with Crippen molar-refractivity contribution in [1.29, 1.82) is 0 Å². The summed E-state index contributed by atoms with van der Waals surface area (Å²) in [6.45, 7) is 6.23. The van der Waals surface area contributed by atoms with Crippen molar-refractivity contribution >= 4 is 5.69 Å². The average molecular weight is 263 g/mol. The van der Waals surface area contributed by atoms with Crippen LogP contribution in [-0.4, -0.2) is 36.0 Å². The van der Waals surface area contributed by atoms with E-state index in [4.69, 9.17) is 0 Å². The molecule has 1 fully saturated rings. The van der Waals surface area contributed by atoms with Gasteiger partial charge in [-0.2, -0.15) is 0 Å². The highest BCUT2D eigenvalue weighted by Crippen LogP contribution is 2.24. The van der Waals surface area contributed by atoms with Crippen LogP contribution < -0.4 is 5.32 Å². The summed E-state index contributed by atoms with van der Waals surface area (Å²) in [5.41, 5.74) is 0.956. The van der Waals surface area contributed by atoms with Crippen LogP contribution in [0.4, 0.5) is 5.69 Å². The molecule has 5 heteroatoms. The molecule has 0 spiro atoms. The maximum Gasteiger partial charge on any atom is 0.274 e. The molecule has 5 nitrogen and oxygen atoms in total. The van der Waals surface area contributed by atoms with Gasteiger partial charge >= 0.3 is 0 Å². The number of nitrogens with zero attached hydrogens (tertiary/aromatic N) is 2. The van der Waals surface area contributed by atoms with Crippen LogP contribution in [0.2, 0.25) is 0 Å². The van der Waals surface area contributed by atoms with Gasteiger partial charge in [0.05, 0.1) is 4.92 Å². The number of benzene rings is 1. The van der Waals surface area contributed by atoms with Crippen molar-refractivity contribution in [3.8, 4) is 0 Å². The second-order valence-corrected chi connectivity index (χ2v) is 5.04. The van der Waals surface area contributed by atoms with E-state index in [2.05, 4.69) is 10.2 Å². The molecule has 104 valence electrons. The number of rotatable bonds is 6. The SMILES string of the molecule is CC(NCCN1CCCC1)c1ccccc1[N+](=O)[O-]. The molecule has 0 radical (unpaired) electrons. The molecule has 1 saturated heterocycles. The van der Waals surface area contributed by atoms with Crippen LogP contribution in [0.1, 0.15) is 31.4 Å². The Hall–Kier alpha value is -1.46. The molecule has 0 aliphatic carbocycles. The van der Waals surface area contributed by atoms with Crippen molar-refractivity contribution in [2.45, 2.75) is 25.8 Å². The molecule has 1 aromatic rings. The first kappa shape index (κ1) is 14.0. The molecule has 1 atom stereocenters. The first-order valence-electron chi connectivity index (χ1n) is 6.87. The van der Waals surface area contributed by atoms with Crippen LogP contribution in [-0.2, 0) is 0 Å². The average Bonchev–Trinajstić information content (AvgIpc) is 2.91. The Morgan fingerprint density at radius 2 is 2.05 bits per heavy atom. The molecule has 2 rings (SSSR count). The number of nitro benzene ring substituents is 1. The molecule has 0 saturated carbocycles. The summed E-state index contributed by atoms with van der Waals surface area (Å²) in [5, 5.41) is 14.4. The topological polar surface area (TPSA) is 58.4 Å². The molecule has 0 aromatic heterocycles. The predicted molar refractivity (Wildman–Crippen MR) is 75.2 cm³/mol. The molecule has 1 unspecified atom stereocenters. The summed E-state index contributed by atoms with van der Waals surface area (Å²) in [7, 11) is 0. The summed E-state index contributed by atoms with van der Waals surface area (Å²) in [6, 6.07) is 6.95. The van der Waals surface area contributed by atoms with Crippen molar-refractivity contribution in [3.05, 3.63) is 39.9 Å². The number of nitro groups is 1. The third-order valence-electron chi connectivity index (χ3n) is 3.68.